The van der Waals surface area contributed by atoms with E-state index in [1.165, 1.54) is 57.3 Å². The predicted octanol–water partition coefficient (Wildman–Crippen LogP) is 4.09. The number of piperidine rings is 1. The minimum Gasteiger partial charge on any atom is -0.336 e. The van der Waals surface area contributed by atoms with E-state index in [1.807, 2.05) is 4.90 Å². The number of hydrogen-bond donors (Lipinski definition) is 0. The first kappa shape index (κ1) is 17.4. The van der Waals surface area contributed by atoms with Crippen LogP contribution in [-0.4, -0.2) is 47.9 Å². The van der Waals surface area contributed by atoms with Gasteiger partial charge in [0, 0.05) is 24.7 Å². The molecule has 0 spiro atoms. The second kappa shape index (κ2) is 8.61. The molecule has 1 aromatic rings. The third-order valence-corrected chi connectivity index (χ3v) is 5.46. The molecule has 2 heterocycles. The fourth-order valence-electron chi connectivity index (χ4n) is 4.02. The number of halogens is 1. The Morgan fingerprint density at radius 1 is 0.958 bits per heavy atom. The average Bonchev–Trinajstić information content (AvgIpc) is 2.89. The molecule has 0 bridgehead atoms. The van der Waals surface area contributed by atoms with Gasteiger partial charge in [0.1, 0.15) is 5.82 Å². The highest BCUT2D eigenvalue weighted by Crippen LogP contribution is 2.23. The first-order valence-electron chi connectivity index (χ1n) is 9.53. The molecule has 3 nitrogen and oxygen atoms in total. The summed E-state index contributed by atoms with van der Waals surface area (Å²) in [4.78, 5) is 17.4. The number of benzene rings is 1. The lowest BCUT2D eigenvalue weighted by atomic mass is 9.97. The molecule has 1 amide bonds. The Bertz CT molecular complexity index is 523. The van der Waals surface area contributed by atoms with Crippen molar-refractivity contribution in [3.8, 4) is 0 Å². The summed E-state index contributed by atoms with van der Waals surface area (Å²) in [5.41, 5.74) is 0.609. The van der Waals surface area contributed by atoms with Gasteiger partial charge >= 0.3 is 0 Å². The summed E-state index contributed by atoms with van der Waals surface area (Å²) in [5.74, 6) is -0.224. The van der Waals surface area contributed by atoms with Crippen LogP contribution < -0.4 is 0 Å². The summed E-state index contributed by atoms with van der Waals surface area (Å²) < 4.78 is 13.1. The van der Waals surface area contributed by atoms with Crippen LogP contribution in [0.15, 0.2) is 24.3 Å². The zero-order valence-electron chi connectivity index (χ0n) is 14.6. The van der Waals surface area contributed by atoms with Crippen LogP contribution in [0.4, 0.5) is 4.39 Å². The Morgan fingerprint density at radius 3 is 2.33 bits per heavy atom. The first-order valence-corrected chi connectivity index (χ1v) is 9.53. The van der Waals surface area contributed by atoms with E-state index in [2.05, 4.69) is 4.90 Å². The van der Waals surface area contributed by atoms with E-state index in [-0.39, 0.29) is 11.7 Å². The molecule has 4 heteroatoms. The lowest BCUT2D eigenvalue weighted by molar-refractivity contribution is 0.0584. The largest absolute Gasteiger partial charge is 0.336 e. The highest BCUT2D eigenvalue weighted by molar-refractivity contribution is 5.94. The number of hydrogen-bond acceptors (Lipinski definition) is 2. The quantitative estimate of drug-likeness (QED) is 0.829. The lowest BCUT2D eigenvalue weighted by Gasteiger charge is -2.37. The van der Waals surface area contributed by atoms with Gasteiger partial charge in [-0.05, 0) is 75.9 Å². The Labute approximate surface area is 144 Å². The molecule has 24 heavy (non-hydrogen) atoms. The van der Waals surface area contributed by atoms with Crippen LogP contribution in [0.2, 0.25) is 0 Å². The van der Waals surface area contributed by atoms with Crippen molar-refractivity contribution < 1.29 is 9.18 Å². The Kier molecular flexibility index (Phi) is 6.24. The highest BCUT2D eigenvalue weighted by Gasteiger charge is 2.27. The minimum absolute atomic E-state index is 0.0653. The van der Waals surface area contributed by atoms with Crippen molar-refractivity contribution in [3.05, 3.63) is 35.6 Å². The topological polar surface area (TPSA) is 23.6 Å². The molecule has 0 radical (unpaired) electrons. The smallest absolute Gasteiger partial charge is 0.254 e. The molecule has 0 aromatic heterocycles. The molecule has 132 valence electrons. The van der Waals surface area contributed by atoms with Crippen LogP contribution in [0.25, 0.3) is 0 Å². The fourth-order valence-corrected chi connectivity index (χ4v) is 4.02. The molecular weight excluding hydrogens is 303 g/mol. The number of rotatable bonds is 4. The number of carbonyl (C=O) groups is 1. The van der Waals surface area contributed by atoms with Crippen molar-refractivity contribution in [2.24, 2.45) is 0 Å². The molecule has 2 aliphatic heterocycles. The van der Waals surface area contributed by atoms with Crippen molar-refractivity contribution in [2.75, 3.05) is 26.2 Å². The molecule has 2 fully saturated rings. The van der Waals surface area contributed by atoms with Crippen LogP contribution in [0.1, 0.15) is 61.7 Å². The maximum Gasteiger partial charge on any atom is 0.254 e. The standard InChI is InChI=1S/C20H29FN2O/c21-18-10-8-17(9-11-18)20(24)23-15-6-3-7-19(23)12-16-22-13-4-1-2-5-14-22/h8-11,19H,1-7,12-16H2/t19-/m0/s1. The van der Waals surface area contributed by atoms with Gasteiger partial charge in [-0.15, -0.1) is 0 Å². The SMILES string of the molecule is O=C(c1ccc(F)cc1)N1CCCC[C@H]1CCN1CCCCCC1. The van der Waals surface area contributed by atoms with Crippen LogP contribution in [0, 0.1) is 5.82 Å². The third kappa shape index (κ3) is 4.56. The van der Waals surface area contributed by atoms with E-state index in [4.69, 9.17) is 0 Å². The summed E-state index contributed by atoms with van der Waals surface area (Å²) >= 11 is 0. The average molecular weight is 332 g/mol. The molecule has 0 unspecified atom stereocenters. The molecule has 1 aromatic carbocycles. The highest BCUT2D eigenvalue weighted by atomic mass is 19.1. The van der Waals surface area contributed by atoms with E-state index < -0.39 is 0 Å². The summed E-state index contributed by atoms with van der Waals surface area (Å²) in [7, 11) is 0. The van der Waals surface area contributed by atoms with Gasteiger partial charge in [-0.3, -0.25) is 4.79 Å². The molecule has 0 aliphatic carbocycles. The second-order valence-corrected chi connectivity index (χ2v) is 7.20. The van der Waals surface area contributed by atoms with Gasteiger partial charge in [0.15, 0.2) is 0 Å². The first-order chi connectivity index (χ1) is 11.7. The van der Waals surface area contributed by atoms with Crippen LogP contribution in [0.3, 0.4) is 0 Å². The van der Waals surface area contributed by atoms with Gasteiger partial charge in [0.25, 0.3) is 5.91 Å². The number of amides is 1. The molecule has 1 atom stereocenters. The van der Waals surface area contributed by atoms with E-state index in [9.17, 15) is 9.18 Å². The zero-order chi connectivity index (χ0) is 16.8. The zero-order valence-corrected chi connectivity index (χ0v) is 14.6. The lowest BCUT2D eigenvalue weighted by Crippen LogP contribution is -2.45. The number of carbonyl (C=O) groups excluding carboxylic acids is 1. The normalized spacial score (nSPS) is 23.0. The van der Waals surface area contributed by atoms with Crippen molar-refractivity contribution in [3.63, 3.8) is 0 Å². The van der Waals surface area contributed by atoms with Crippen LogP contribution in [-0.2, 0) is 0 Å². The number of likely N-dealkylation sites (tertiary alicyclic amines) is 2. The van der Waals surface area contributed by atoms with Crippen LogP contribution >= 0.6 is 0 Å². The van der Waals surface area contributed by atoms with Gasteiger partial charge in [0.2, 0.25) is 0 Å². The maximum atomic E-state index is 13.1. The molecule has 0 N–H and O–H groups in total. The van der Waals surface area contributed by atoms with Gasteiger partial charge in [0.05, 0.1) is 0 Å². The van der Waals surface area contributed by atoms with Gasteiger partial charge in [-0.2, -0.15) is 0 Å². The molecule has 3 rings (SSSR count). The Balaban J connectivity index is 1.60. The molecule has 2 saturated heterocycles. The summed E-state index contributed by atoms with van der Waals surface area (Å²) in [6.07, 6.45) is 9.77. The maximum absolute atomic E-state index is 13.1. The van der Waals surface area contributed by atoms with E-state index in [0.29, 0.717) is 11.6 Å². The van der Waals surface area contributed by atoms with Gasteiger partial charge < -0.3 is 9.80 Å². The van der Waals surface area contributed by atoms with E-state index >= 15 is 0 Å². The van der Waals surface area contributed by atoms with Crippen molar-refractivity contribution in [1.29, 1.82) is 0 Å². The minimum atomic E-state index is -0.289. The second-order valence-electron chi connectivity index (χ2n) is 7.20. The summed E-state index contributed by atoms with van der Waals surface area (Å²) in [6, 6.07) is 6.31. The fraction of sp³-hybridized carbons (Fsp3) is 0.650. The van der Waals surface area contributed by atoms with Gasteiger partial charge in [-0.1, -0.05) is 12.8 Å². The monoisotopic (exact) mass is 332 g/mol. The van der Waals surface area contributed by atoms with E-state index in [0.717, 1.165) is 32.4 Å². The van der Waals surface area contributed by atoms with E-state index in [1.54, 1.807) is 12.1 Å². The summed E-state index contributed by atoms with van der Waals surface area (Å²) in [5, 5.41) is 0. The van der Waals surface area contributed by atoms with Crippen molar-refractivity contribution in [2.45, 2.75) is 57.4 Å². The van der Waals surface area contributed by atoms with Crippen LogP contribution in [0.5, 0.6) is 0 Å². The number of nitrogens with zero attached hydrogens (tertiary/aromatic N) is 2. The predicted molar refractivity (Wildman–Crippen MR) is 94.6 cm³/mol. The molecular formula is C20H29FN2O. The molecule has 0 saturated carbocycles. The third-order valence-electron chi connectivity index (χ3n) is 5.46. The Hall–Kier alpha value is -1.42. The van der Waals surface area contributed by atoms with Crippen molar-refractivity contribution >= 4 is 5.91 Å². The molecule has 2 aliphatic rings. The Morgan fingerprint density at radius 2 is 1.62 bits per heavy atom. The summed E-state index contributed by atoms with van der Waals surface area (Å²) in [6.45, 7) is 4.34. The van der Waals surface area contributed by atoms with Crippen molar-refractivity contribution in [1.82, 2.24) is 9.80 Å². The van der Waals surface area contributed by atoms with Gasteiger partial charge in [-0.25, -0.2) is 4.39 Å².